The van der Waals surface area contributed by atoms with Gasteiger partial charge in [-0.1, -0.05) is 36.4 Å². The van der Waals surface area contributed by atoms with Crippen molar-refractivity contribution in [2.45, 2.75) is 6.54 Å². The molecule has 0 spiro atoms. The Morgan fingerprint density at radius 2 is 1.59 bits per heavy atom. The molecule has 0 radical (unpaired) electrons. The molecule has 168 valence electrons. The summed E-state index contributed by atoms with van der Waals surface area (Å²) >= 11 is 0. The number of benzene rings is 3. The Morgan fingerprint density at radius 3 is 2.32 bits per heavy atom. The summed E-state index contributed by atoms with van der Waals surface area (Å²) in [5.74, 6) is -0.752. The fourth-order valence-electron chi connectivity index (χ4n) is 3.83. The molecule has 2 aromatic heterocycles. The van der Waals surface area contributed by atoms with Crippen molar-refractivity contribution < 1.29 is 9.18 Å². The van der Waals surface area contributed by atoms with Crippen LogP contribution in [0, 0.1) is 5.82 Å². The third-order valence-electron chi connectivity index (χ3n) is 5.54. The Bertz CT molecular complexity index is 1560. The molecule has 0 aliphatic rings. The summed E-state index contributed by atoms with van der Waals surface area (Å²) in [6.45, 7) is 0.164. The first-order chi connectivity index (χ1) is 16.5. The number of nitrogens with zero attached hydrogens (tertiary/aromatic N) is 4. The molecule has 0 aliphatic carbocycles. The van der Waals surface area contributed by atoms with E-state index in [1.54, 1.807) is 41.1 Å². The van der Waals surface area contributed by atoms with Crippen LogP contribution < -0.4 is 10.9 Å². The fraction of sp³-hybridized carbons (Fsp3) is 0.0769. The van der Waals surface area contributed by atoms with Gasteiger partial charge in [-0.05, 0) is 42.5 Å². The second kappa shape index (κ2) is 8.74. The molecular weight excluding hydrogens is 433 g/mol. The number of halogens is 1. The standard InChI is InChI=1S/C26H20FN5O2/c1-31-26(34)22-10-6-5-9-21(22)24(29-31)25(33)28-15-18-16-32(20-7-3-2-4-8-20)30-23(18)17-11-13-19(27)14-12-17/h2-14,16H,15H2,1H3,(H,28,33). The van der Waals surface area contributed by atoms with E-state index in [0.717, 1.165) is 21.5 Å². The predicted octanol–water partition coefficient (Wildman–Crippen LogP) is 3.86. The minimum Gasteiger partial charge on any atom is -0.346 e. The molecule has 0 aliphatic heterocycles. The molecule has 0 saturated carbocycles. The van der Waals surface area contributed by atoms with Gasteiger partial charge in [-0.25, -0.2) is 13.8 Å². The van der Waals surface area contributed by atoms with Gasteiger partial charge in [0.05, 0.1) is 16.8 Å². The summed E-state index contributed by atoms with van der Waals surface area (Å²) in [6.07, 6.45) is 1.83. The number of fused-ring (bicyclic) bond motifs is 1. The molecule has 0 bridgehead atoms. The third kappa shape index (κ3) is 3.97. The molecule has 0 fully saturated rings. The van der Waals surface area contributed by atoms with E-state index < -0.39 is 5.91 Å². The van der Waals surface area contributed by atoms with Crippen molar-refractivity contribution in [3.05, 3.63) is 112 Å². The number of hydrogen-bond acceptors (Lipinski definition) is 4. The zero-order valence-corrected chi connectivity index (χ0v) is 18.3. The van der Waals surface area contributed by atoms with Crippen LogP contribution in [0.15, 0.2) is 89.9 Å². The van der Waals surface area contributed by atoms with Crippen molar-refractivity contribution in [3.63, 3.8) is 0 Å². The van der Waals surface area contributed by atoms with E-state index in [-0.39, 0.29) is 23.6 Å². The molecule has 34 heavy (non-hydrogen) atoms. The highest BCUT2D eigenvalue weighted by molar-refractivity contribution is 6.04. The molecule has 1 amide bonds. The smallest absolute Gasteiger partial charge is 0.274 e. The molecule has 7 nitrogen and oxygen atoms in total. The topological polar surface area (TPSA) is 81.8 Å². The van der Waals surface area contributed by atoms with E-state index in [0.29, 0.717) is 16.5 Å². The number of aryl methyl sites for hydroxylation is 1. The van der Waals surface area contributed by atoms with Crippen LogP contribution in [0.2, 0.25) is 0 Å². The van der Waals surface area contributed by atoms with Crippen LogP contribution in [0.3, 0.4) is 0 Å². The van der Waals surface area contributed by atoms with E-state index in [9.17, 15) is 14.0 Å². The molecule has 1 N–H and O–H groups in total. The van der Waals surface area contributed by atoms with E-state index >= 15 is 0 Å². The van der Waals surface area contributed by atoms with Gasteiger partial charge in [0.2, 0.25) is 0 Å². The molecular formula is C26H20FN5O2. The molecule has 5 rings (SSSR count). The van der Waals surface area contributed by atoms with Crippen LogP contribution in [-0.4, -0.2) is 25.5 Å². The number of amides is 1. The summed E-state index contributed by atoms with van der Waals surface area (Å²) in [4.78, 5) is 25.5. The molecule has 0 saturated heterocycles. The minimum atomic E-state index is -0.413. The van der Waals surface area contributed by atoms with E-state index in [1.165, 1.54) is 19.2 Å². The summed E-state index contributed by atoms with van der Waals surface area (Å²) < 4.78 is 16.4. The zero-order valence-electron chi connectivity index (χ0n) is 18.3. The number of nitrogens with one attached hydrogen (secondary N) is 1. The second-order valence-electron chi connectivity index (χ2n) is 7.80. The van der Waals surface area contributed by atoms with Crippen LogP contribution in [0.25, 0.3) is 27.7 Å². The van der Waals surface area contributed by atoms with E-state index in [1.807, 2.05) is 36.5 Å². The summed E-state index contributed by atoms with van der Waals surface area (Å²) in [6, 6.07) is 22.5. The van der Waals surface area contributed by atoms with Crippen molar-refractivity contribution in [3.8, 4) is 16.9 Å². The Hall–Kier alpha value is -4.59. The zero-order chi connectivity index (χ0) is 23.7. The Morgan fingerprint density at radius 1 is 0.912 bits per heavy atom. The van der Waals surface area contributed by atoms with Crippen molar-refractivity contribution in [2.24, 2.45) is 7.05 Å². The van der Waals surface area contributed by atoms with Crippen molar-refractivity contribution >= 4 is 16.7 Å². The Balaban J connectivity index is 1.50. The van der Waals surface area contributed by atoms with Gasteiger partial charge in [0.25, 0.3) is 11.5 Å². The molecule has 3 aromatic carbocycles. The first-order valence-electron chi connectivity index (χ1n) is 10.7. The van der Waals surface area contributed by atoms with Gasteiger partial charge in [0, 0.05) is 36.3 Å². The van der Waals surface area contributed by atoms with Crippen LogP contribution in [0.4, 0.5) is 4.39 Å². The second-order valence-corrected chi connectivity index (χ2v) is 7.80. The largest absolute Gasteiger partial charge is 0.346 e. The Kier molecular flexibility index (Phi) is 5.47. The number of carbonyl (C=O) groups excluding carboxylic acids is 1. The average Bonchev–Trinajstić information content (AvgIpc) is 3.30. The van der Waals surface area contributed by atoms with Gasteiger partial charge in [-0.15, -0.1) is 0 Å². The van der Waals surface area contributed by atoms with Crippen LogP contribution in [-0.2, 0) is 13.6 Å². The van der Waals surface area contributed by atoms with E-state index in [4.69, 9.17) is 0 Å². The van der Waals surface area contributed by atoms with E-state index in [2.05, 4.69) is 15.5 Å². The lowest BCUT2D eigenvalue weighted by Crippen LogP contribution is -2.29. The van der Waals surface area contributed by atoms with Crippen LogP contribution in [0.5, 0.6) is 0 Å². The SMILES string of the molecule is Cn1nc(C(=O)NCc2cn(-c3ccccc3)nc2-c2ccc(F)cc2)c2ccccc2c1=O. The maximum absolute atomic E-state index is 13.5. The van der Waals surface area contributed by atoms with Gasteiger partial charge in [0.1, 0.15) is 5.82 Å². The average molecular weight is 453 g/mol. The molecule has 0 atom stereocenters. The first-order valence-corrected chi connectivity index (χ1v) is 10.7. The third-order valence-corrected chi connectivity index (χ3v) is 5.54. The first kappa shape index (κ1) is 21.3. The van der Waals surface area contributed by atoms with Gasteiger partial charge >= 0.3 is 0 Å². The van der Waals surface area contributed by atoms with Gasteiger partial charge in [-0.2, -0.15) is 10.2 Å². The number of hydrogen-bond donors (Lipinski definition) is 1. The van der Waals surface area contributed by atoms with Crippen molar-refractivity contribution in [1.82, 2.24) is 24.9 Å². The maximum Gasteiger partial charge on any atom is 0.274 e. The lowest BCUT2D eigenvalue weighted by molar-refractivity contribution is 0.0945. The molecule has 5 aromatic rings. The van der Waals surface area contributed by atoms with Gasteiger partial charge in [-0.3, -0.25) is 9.59 Å². The minimum absolute atomic E-state index is 0.163. The number of para-hydroxylation sites is 1. The highest BCUT2D eigenvalue weighted by Gasteiger charge is 2.18. The molecule has 2 heterocycles. The summed E-state index contributed by atoms with van der Waals surface area (Å²) in [5.41, 5.74) is 2.85. The van der Waals surface area contributed by atoms with Crippen LogP contribution >= 0.6 is 0 Å². The Labute approximate surface area is 194 Å². The van der Waals surface area contributed by atoms with Gasteiger partial charge in [0.15, 0.2) is 5.69 Å². The summed E-state index contributed by atoms with van der Waals surface area (Å²) in [7, 11) is 1.52. The normalized spacial score (nSPS) is 11.0. The number of rotatable bonds is 5. The lowest BCUT2D eigenvalue weighted by atomic mass is 10.1. The van der Waals surface area contributed by atoms with Crippen molar-refractivity contribution in [2.75, 3.05) is 0 Å². The molecule has 8 heteroatoms. The highest BCUT2D eigenvalue weighted by Crippen LogP contribution is 2.24. The maximum atomic E-state index is 13.5. The fourth-order valence-corrected chi connectivity index (χ4v) is 3.83. The number of carbonyl (C=O) groups is 1. The van der Waals surface area contributed by atoms with Crippen molar-refractivity contribution in [1.29, 1.82) is 0 Å². The monoisotopic (exact) mass is 453 g/mol. The van der Waals surface area contributed by atoms with Gasteiger partial charge < -0.3 is 5.32 Å². The predicted molar refractivity (Wildman–Crippen MR) is 127 cm³/mol. The summed E-state index contributed by atoms with van der Waals surface area (Å²) in [5, 5.41) is 12.7. The highest BCUT2D eigenvalue weighted by atomic mass is 19.1. The van der Waals surface area contributed by atoms with Crippen LogP contribution in [0.1, 0.15) is 16.1 Å². The molecule has 0 unspecified atom stereocenters. The number of aromatic nitrogens is 4. The lowest BCUT2D eigenvalue weighted by Gasteiger charge is -2.09. The quantitative estimate of drug-likeness (QED) is 0.438.